The largest absolute Gasteiger partial charge is 0.326 e. The van der Waals surface area contributed by atoms with E-state index in [2.05, 4.69) is 36.2 Å². The van der Waals surface area contributed by atoms with E-state index in [-0.39, 0.29) is 12.4 Å². The lowest BCUT2D eigenvalue weighted by atomic mass is 9.95. The number of nitrogens with zero attached hydrogens (tertiary/aromatic N) is 1. The smallest absolute Gasteiger partial charge is 0.0249 e. The lowest BCUT2D eigenvalue weighted by molar-refractivity contribution is 0.407. The van der Waals surface area contributed by atoms with Gasteiger partial charge in [0.05, 0.1) is 0 Å². The fourth-order valence-electron chi connectivity index (χ4n) is 2.09. The Bertz CT molecular complexity index is 276. The van der Waals surface area contributed by atoms with Crippen molar-refractivity contribution in [1.29, 1.82) is 0 Å². The molecule has 2 atom stereocenters. The molecule has 1 fully saturated rings. The van der Waals surface area contributed by atoms with Gasteiger partial charge in [0.2, 0.25) is 0 Å². The summed E-state index contributed by atoms with van der Waals surface area (Å²) in [5.41, 5.74) is 7.43. The van der Waals surface area contributed by atoms with E-state index in [1.165, 1.54) is 5.56 Å². The number of likely N-dealkylation sites (N-methyl/N-ethyl adjacent to an activating group) is 1. The van der Waals surface area contributed by atoms with Crippen molar-refractivity contribution in [3.63, 3.8) is 0 Å². The number of likely N-dealkylation sites (tertiary alicyclic amines) is 1. The highest BCUT2D eigenvalue weighted by Gasteiger charge is 2.28. The third-order valence-corrected chi connectivity index (χ3v) is 2.78. The number of rotatable bonds is 1. The highest BCUT2D eigenvalue weighted by Crippen LogP contribution is 2.24. The molecular weight excluding hydrogens is 196 g/mol. The van der Waals surface area contributed by atoms with Crippen LogP contribution in [0.15, 0.2) is 30.3 Å². The highest BCUT2D eigenvalue weighted by atomic mass is 35.5. The second-order valence-corrected chi connectivity index (χ2v) is 3.90. The zero-order chi connectivity index (χ0) is 9.26. The van der Waals surface area contributed by atoms with Crippen LogP contribution < -0.4 is 5.73 Å². The molecule has 1 aliphatic rings. The van der Waals surface area contributed by atoms with Crippen molar-refractivity contribution >= 4 is 12.4 Å². The van der Waals surface area contributed by atoms with Crippen LogP contribution in [-0.4, -0.2) is 31.1 Å². The van der Waals surface area contributed by atoms with Gasteiger partial charge in [-0.05, 0) is 12.6 Å². The van der Waals surface area contributed by atoms with Gasteiger partial charge in [0.15, 0.2) is 0 Å². The third kappa shape index (κ3) is 2.27. The van der Waals surface area contributed by atoms with Crippen LogP contribution in [0.1, 0.15) is 11.5 Å². The summed E-state index contributed by atoms with van der Waals surface area (Å²) >= 11 is 0. The van der Waals surface area contributed by atoms with E-state index < -0.39 is 0 Å². The average Bonchev–Trinajstić information content (AvgIpc) is 2.47. The summed E-state index contributed by atoms with van der Waals surface area (Å²) in [6.45, 7) is 2.10. The lowest BCUT2D eigenvalue weighted by Gasteiger charge is -2.13. The average molecular weight is 213 g/mol. The van der Waals surface area contributed by atoms with Gasteiger partial charge in [-0.3, -0.25) is 0 Å². The Labute approximate surface area is 91.5 Å². The summed E-state index contributed by atoms with van der Waals surface area (Å²) < 4.78 is 0. The number of halogens is 1. The van der Waals surface area contributed by atoms with Crippen LogP contribution in [0.3, 0.4) is 0 Å². The molecule has 0 aliphatic carbocycles. The molecule has 2 unspecified atom stereocenters. The van der Waals surface area contributed by atoms with E-state index in [0.29, 0.717) is 12.0 Å². The number of hydrogen-bond donors (Lipinski definition) is 1. The first-order valence-electron chi connectivity index (χ1n) is 4.76. The Kier molecular flexibility index (Phi) is 3.93. The molecule has 2 rings (SSSR count). The predicted octanol–water partition coefficient (Wildman–Crippen LogP) is 1.46. The molecule has 0 radical (unpaired) electrons. The van der Waals surface area contributed by atoms with Crippen molar-refractivity contribution in [2.45, 2.75) is 12.0 Å². The van der Waals surface area contributed by atoms with Gasteiger partial charge in [-0.1, -0.05) is 30.3 Å². The van der Waals surface area contributed by atoms with Crippen molar-refractivity contribution in [3.8, 4) is 0 Å². The van der Waals surface area contributed by atoms with E-state index in [0.717, 1.165) is 13.1 Å². The van der Waals surface area contributed by atoms with Crippen LogP contribution in [0.4, 0.5) is 0 Å². The zero-order valence-corrected chi connectivity index (χ0v) is 9.20. The van der Waals surface area contributed by atoms with Crippen LogP contribution in [0.5, 0.6) is 0 Å². The lowest BCUT2D eigenvalue weighted by Crippen LogP contribution is -2.27. The summed E-state index contributed by atoms with van der Waals surface area (Å²) in [5, 5.41) is 0. The van der Waals surface area contributed by atoms with Crippen LogP contribution in [0.2, 0.25) is 0 Å². The Balaban J connectivity index is 0.000000980. The molecular formula is C11H17ClN2. The summed E-state index contributed by atoms with van der Waals surface area (Å²) in [7, 11) is 2.13. The highest BCUT2D eigenvalue weighted by molar-refractivity contribution is 5.85. The van der Waals surface area contributed by atoms with Gasteiger partial charge in [-0.15, -0.1) is 12.4 Å². The van der Waals surface area contributed by atoms with Gasteiger partial charge in [-0.2, -0.15) is 0 Å². The van der Waals surface area contributed by atoms with Gasteiger partial charge in [-0.25, -0.2) is 0 Å². The molecule has 1 aliphatic heterocycles. The molecule has 0 bridgehead atoms. The van der Waals surface area contributed by atoms with E-state index in [9.17, 15) is 0 Å². The first kappa shape index (κ1) is 11.5. The Morgan fingerprint density at radius 1 is 1.21 bits per heavy atom. The second-order valence-electron chi connectivity index (χ2n) is 3.90. The quantitative estimate of drug-likeness (QED) is 0.764. The molecule has 1 saturated heterocycles. The van der Waals surface area contributed by atoms with Gasteiger partial charge in [0.25, 0.3) is 0 Å². The maximum absolute atomic E-state index is 6.06. The normalized spacial score (nSPS) is 27.3. The molecule has 2 N–H and O–H groups in total. The van der Waals surface area contributed by atoms with E-state index in [1.54, 1.807) is 0 Å². The van der Waals surface area contributed by atoms with Crippen LogP contribution in [0, 0.1) is 0 Å². The molecule has 0 amide bonds. The molecule has 0 saturated carbocycles. The summed E-state index contributed by atoms with van der Waals surface area (Å²) in [6, 6.07) is 10.9. The summed E-state index contributed by atoms with van der Waals surface area (Å²) in [4.78, 5) is 2.29. The topological polar surface area (TPSA) is 29.3 Å². The SMILES string of the molecule is CN1CC(N)C(c2ccccc2)C1.Cl. The minimum Gasteiger partial charge on any atom is -0.326 e. The minimum absolute atomic E-state index is 0. The first-order chi connectivity index (χ1) is 6.27. The standard InChI is InChI=1S/C11H16N2.ClH/c1-13-7-10(11(12)8-13)9-5-3-2-4-6-9;/h2-6,10-11H,7-8,12H2,1H3;1H. The number of benzene rings is 1. The van der Waals surface area contributed by atoms with Crippen LogP contribution in [0.25, 0.3) is 0 Å². The van der Waals surface area contributed by atoms with E-state index in [1.807, 2.05) is 6.07 Å². The monoisotopic (exact) mass is 212 g/mol. The summed E-state index contributed by atoms with van der Waals surface area (Å²) in [6.07, 6.45) is 0. The van der Waals surface area contributed by atoms with Crippen molar-refractivity contribution in [1.82, 2.24) is 4.90 Å². The van der Waals surface area contributed by atoms with E-state index in [4.69, 9.17) is 5.73 Å². The Morgan fingerprint density at radius 3 is 2.36 bits per heavy atom. The van der Waals surface area contributed by atoms with Crippen molar-refractivity contribution in [3.05, 3.63) is 35.9 Å². The van der Waals surface area contributed by atoms with Crippen LogP contribution >= 0.6 is 12.4 Å². The molecule has 14 heavy (non-hydrogen) atoms. The Hall–Kier alpha value is -0.570. The second kappa shape index (κ2) is 4.78. The maximum atomic E-state index is 6.06. The predicted molar refractivity (Wildman–Crippen MR) is 61.9 cm³/mol. The maximum Gasteiger partial charge on any atom is 0.0249 e. The van der Waals surface area contributed by atoms with Gasteiger partial charge in [0, 0.05) is 25.0 Å². The van der Waals surface area contributed by atoms with Crippen LogP contribution in [-0.2, 0) is 0 Å². The minimum atomic E-state index is 0. The summed E-state index contributed by atoms with van der Waals surface area (Å²) in [5.74, 6) is 0.520. The fourth-order valence-corrected chi connectivity index (χ4v) is 2.09. The zero-order valence-electron chi connectivity index (χ0n) is 8.39. The molecule has 0 aromatic heterocycles. The molecule has 1 heterocycles. The van der Waals surface area contributed by atoms with Gasteiger partial charge < -0.3 is 10.6 Å². The molecule has 0 spiro atoms. The van der Waals surface area contributed by atoms with Gasteiger partial charge in [0.1, 0.15) is 0 Å². The van der Waals surface area contributed by atoms with E-state index >= 15 is 0 Å². The number of nitrogens with two attached hydrogens (primary N) is 1. The van der Waals surface area contributed by atoms with Gasteiger partial charge >= 0.3 is 0 Å². The van der Waals surface area contributed by atoms with Crippen molar-refractivity contribution < 1.29 is 0 Å². The Morgan fingerprint density at radius 2 is 1.86 bits per heavy atom. The molecule has 1 aromatic carbocycles. The van der Waals surface area contributed by atoms with Crippen molar-refractivity contribution in [2.75, 3.05) is 20.1 Å². The first-order valence-corrected chi connectivity index (χ1v) is 4.76. The fraction of sp³-hybridized carbons (Fsp3) is 0.455. The molecule has 2 nitrogen and oxygen atoms in total. The molecule has 1 aromatic rings. The molecule has 3 heteroatoms. The third-order valence-electron chi connectivity index (χ3n) is 2.78. The molecule has 78 valence electrons. The number of hydrogen-bond acceptors (Lipinski definition) is 2. The van der Waals surface area contributed by atoms with Crippen molar-refractivity contribution in [2.24, 2.45) is 5.73 Å².